The van der Waals surface area contributed by atoms with Crippen molar-refractivity contribution >= 4 is 0 Å². The number of nitrogens with two attached hydrogens (primary N) is 1. The Morgan fingerprint density at radius 2 is 2.29 bits per heavy atom. The summed E-state index contributed by atoms with van der Waals surface area (Å²) in [6.45, 7) is 0. The molecule has 0 bridgehead atoms. The molecule has 1 rings (SSSR count). The first-order valence-electron chi connectivity index (χ1n) is 2.41. The van der Waals surface area contributed by atoms with Crippen LogP contribution in [0.1, 0.15) is 6.42 Å². The van der Waals surface area contributed by atoms with Gasteiger partial charge in [-0.05, 0) is 6.42 Å². The van der Waals surface area contributed by atoms with Crippen molar-refractivity contribution in [2.24, 2.45) is 5.73 Å². The minimum Gasteiger partial charge on any atom is -0.389 e. The Hall–Kier alpha value is -0.340. The van der Waals surface area contributed by atoms with Gasteiger partial charge in [-0.2, -0.15) is 0 Å². The smallest absolute Gasteiger partial charge is 0.0739 e. The average Bonchev–Trinajstić information content (AvgIpc) is 1.87. The second-order valence-electron chi connectivity index (χ2n) is 1.85. The molecule has 2 heteroatoms. The van der Waals surface area contributed by atoms with Gasteiger partial charge < -0.3 is 10.8 Å². The fourth-order valence-corrected chi connectivity index (χ4v) is 0.707. The van der Waals surface area contributed by atoms with Crippen molar-refractivity contribution in [1.82, 2.24) is 0 Å². The summed E-state index contributed by atoms with van der Waals surface area (Å²) in [6.07, 6.45) is 3.96. The van der Waals surface area contributed by atoms with Crippen molar-refractivity contribution in [3.05, 3.63) is 12.2 Å². The minimum atomic E-state index is -0.282. The maximum atomic E-state index is 8.73. The molecule has 0 aliphatic heterocycles. The SMILES string of the molecule is N[C@H]1C=C[C@@H](O)C1. The van der Waals surface area contributed by atoms with Crippen LogP contribution < -0.4 is 5.73 Å². The summed E-state index contributed by atoms with van der Waals surface area (Å²) < 4.78 is 0. The van der Waals surface area contributed by atoms with E-state index in [-0.39, 0.29) is 12.1 Å². The Bertz CT molecular complexity index is 80.1. The number of rotatable bonds is 0. The monoisotopic (exact) mass is 99.1 g/mol. The van der Waals surface area contributed by atoms with E-state index in [0.29, 0.717) is 6.42 Å². The number of hydrogen-bond acceptors (Lipinski definition) is 2. The van der Waals surface area contributed by atoms with Crippen molar-refractivity contribution < 1.29 is 5.11 Å². The van der Waals surface area contributed by atoms with E-state index in [1.54, 1.807) is 6.08 Å². The van der Waals surface area contributed by atoms with Gasteiger partial charge in [0.25, 0.3) is 0 Å². The van der Waals surface area contributed by atoms with Gasteiger partial charge in [-0.25, -0.2) is 0 Å². The van der Waals surface area contributed by atoms with E-state index >= 15 is 0 Å². The zero-order valence-electron chi connectivity index (χ0n) is 4.04. The van der Waals surface area contributed by atoms with Crippen LogP contribution in [0, 0.1) is 0 Å². The van der Waals surface area contributed by atoms with E-state index in [1.807, 2.05) is 6.08 Å². The molecule has 0 saturated carbocycles. The van der Waals surface area contributed by atoms with Crippen molar-refractivity contribution in [2.45, 2.75) is 18.6 Å². The van der Waals surface area contributed by atoms with Gasteiger partial charge in [-0.3, -0.25) is 0 Å². The second-order valence-corrected chi connectivity index (χ2v) is 1.85. The van der Waals surface area contributed by atoms with Crippen molar-refractivity contribution in [1.29, 1.82) is 0 Å². The van der Waals surface area contributed by atoms with Gasteiger partial charge >= 0.3 is 0 Å². The van der Waals surface area contributed by atoms with Crippen LogP contribution in [-0.2, 0) is 0 Å². The molecule has 0 fully saturated rings. The van der Waals surface area contributed by atoms with Gasteiger partial charge in [0.2, 0.25) is 0 Å². The molecular weight excluding hydrogens is 90.1 g/mol. The van der Waals surface area contributed by atoms with E-state index in [2.05, 4.69) is 0 Å². The van der Waals surface area contributed by atoms with Crippen LogP contribution in [0.3, 0.4) is 0 Å². The molecule has 0 unspecified atom stereocenters. The van der Waals surface area contributed by atoms with Crippen LogP contribution >= 0.6 is 0 Å². The Balaban J connectivity index is 2.42. The predicted molar refractivity (Wildman–Crippen MR) is 27.7 cm³/mol. The maximum absolute atomic E-state index is 8.73. The topological polar surface area (TPSA) is 46.2 Å². The lowest BCUT2D eigenvalue weighted by Gasteiger charge is -1.97. The predicted octanol–water partition coefficient (Wildman–Crippen LogP) is -0.366. The van der Waals surface area contributed by atoms with E-state index in [0.717, 1.165) is 0 Å². The molecule has 2 nitrogen and oxygen atoms in total. The van der Waals surface area contributed by atoms with Gasteiger partial charge in [0, 0.05) is 6.04 Å². The Kier molecular flexibility index (Phi) is 1.13. The molecule has 0 aromatic carbocycles. The first-order valence-corrected chi connectivity index (χ1v) is 2.41. The van der Waals surface area contributed by atoms with Crippen LogP contribution in [-0.4, -0.2) is 17.3 Å². The molecule has 0 saturated heterocycles. The highest BCUT2D eigenvalue weighted by Gasteiger charge is 2.10. The lowest BCUT2D eigenvalue weighted by atomic mass is 10.2. The van der Waals surface area contributed by atoms with E-state index in [9.17, 15) is 0 Å². The minimum absolute atomic E-state index is 0.0926. The summed E-state index contributed by atoms with van der Waals surface area (Å²) in [7, 11) is 0. The van der Waals surface area contributed by atoms with E-state index in [4.69, 9.17) is 10.8 Å². The van der Waals surface area contributed by atoms with Crippen LogP contribution in [0.4, 0.5) is 0 Å². The third-order valence-corrected chi connectivity index (χ3v) is 1.09. The fraction of sp³-hybridized carbons (Fsp3) is 0.600. The molecule has 0 aromatic heterocycles. The molecular formula is C5H9NO. The summed E-state index contributed by atoms with van der Waals surface area (Å²) in [6, 6.07) is 0.0926. The number of hydrogen-bond donors (Lipinski definition) is 2. The number of aliphatic hydroxyl groups excluding tert-OH is 1. The summed E-state index contributed by atoms with van der Waals surface area (Å²) >= 11 is 0. The molecule has 1 aliphatic rings. The molecule has 0 spiro atoms. The van der Waals surface area contributed by atoms with E-state index in [1.165, 1.54) is 0 Å². The quantitative estimate of drug-likeness (QED) is 0.407. The molecule has 0 heterocycles. The lowest BCUT2D eigenvalue weighted by molar-refractivity contribution is 0.218. The van der Waals surface area contributed by atoms with Gasteiger partial charge in [-0.1, -0.05) is 12.2 Å². The molecule has 0 radical (unpaired) electrons. The Morgan fingerprint density at radius 1 is 1.57 bits per heavy atom. The van der Waals surface area contributed by atoms with Crippen LogP contribution in [0.2, 0.25) is 0 Å². The van der Waals surface area contributed by atoms with Crippen molar-refractivity contribution in [2.75, 3.05) is 0 Å². The lowest BCUT2D eigenvalue weighted by Crippen LogP contribution is -2.16. The summed E-state index contributed by atoms with van der Waals surface area (Å²) in [5.74, 6) is 0. The summed E-state index contributed by atoms with van der Waals surface area (Å²) in [5, 5.41) is 8.73. The summed E-state index contributed by atoms with van der Waals surface area (Å²) in [5.41, 5.74) is 5.38. The first-order chi connectivity index (χ1) is 3.29. The second kappa shape index (κ2) is 1.64. The molecule has 7 heavy (non-hydrogen) atoms. The molecule has 3 N–H and O–H groups in total. The highest BCUT2D eigenvalue weighted by Crippen LogP contribution is 2.06. The molecule has 40 valence electrons. The zero-order chi connectivity index (χ0) is 5.28. The third-order valence-electron chi connectivity index (χ3n) is 1.09. The van der Waals surface area contributed by atoms with Gasteiger partial charge in [0.1, 0.15) is 0 Å². The molecule has 2 atom stereocenters. The standard InChI is InChI=1S/C5H9NO/c6-4-1-2-5(7)3-4/h1-2,4-5,7H,3,6H2/t4-,5+/m0/s1. The number of aliphatic hydroxyl groups is 1. The molecule has 0 aromatic rings. The third kappa shape index (κ3) is 1.01. The highest BCUT2D eigenvalue weighted by atomic mass is 16.3. The largest absolute Gasteiger partial charge is 0.389 e. The highest BCUT2D eigenvalue weighted by molar-refractivity contribution is 5.04. The first kappa shape index (κ1) is 4.81. The Morgan fingerprint density at radius 3 is 2.43 bits per heavy atom. The normalized spacial score (nSPS) is 39.7. The maximum Gasteiger partial charge on any atom is 0.0739 e. The van der Waals surface area contributed by atoms with Gasteiger partial charge in [0.15, 0.2) is 0 Å². The van der Waals surface area contributed by atoms with Crippen molar-refractivity contribution in [3.8, 4) is 0 Å². The average molecular weight is 99.1 g/mol. The summed E-state index contributed by atoms with van der Waals surface area (Å²) in [4.78, 5) is 0. The van der Waals surface area contributed by atoms with Crippen LogP contribution in [0.5, 0.6) is 0 Å². The Labute approximate surface area is 42.6 Å². The van der Waals surface area contributed by atoms with Crippen molar-refractivity contribution in [3.63, 3.8) is 0 Å². The molecule has 1 aliphatic carbocycles. The zero-order valence-corrected chi connectivity index (χ0v) is 4.04. The van der Waals surface area contributed by atoms with Gasteiger partial charge in [-0.15, -0.1) is 0 Å². The fourth-order valence-electron chi connectivity index (χ4n) is 0.707. The van der Waals surface area contributed by atoms with Gasteiger partial charge in [0.05, 0.1) is 6.10 Å². The van der Waals surface area contributed by atoms with Crippen LogP contribution in [0.25, 0.3) is 0 Å². The van der Waals surface area contributed by atoms with Crippen LogP contribution in [0.15, 0.2) is 12.2 Å². The van der Waals surface area contributed by atoms with E-state index < -0.39 is 0 Å². The molecule has 0 amide bonds.